The second-order valence-electron chi connectivity index (χ2n) is 6.18. The summed E-state index contributed by atoms with van der Waals surface area (Å²) in [6, 6.07) is 9.74. The van der Waals surface area contributed by atoms with Crippen LogP contribution < -0.4 is 15.9 Å². The van der Waals surface area contributed by atoms with Crippen LogP contribution in [0.15, 0.2) is 48.1 Å². The summed E-state index contributed by atoms with van der Waals surface area (Å²) >= 11 is 1.55. The summed E-state index contributed by atoms with van der Waals surface area (Å²) in [6.45, 7) is 1.05. The number of rotatable bonds is 4. The third-order valence-electron chi connectivity index (χ3n) is 4.46. The summed E-state index contributed by atoms with van der Waals surface area (Å²) in [4.78, 5) is 4.45. The predicted molar refractivity (Wildman–Crippen MR) is 111 cm³/mol. The lowest BCUT2D eigenvalue weighted by Gasteiger charge is -2.16. The van der Waals surface area contributed by atoms with Crippen molar-refractivity contribution in [1.29, 1.82) is 0 Å². The van der Waals surface area contributed by atoms with Gasteiger partial charge in [-0.15, -0.1) is 11.3 Å². The lowest BCUT2D eigenvalue weighted by molar-refractivity contribution is 0.417. The molecule has 0 unspecified atom stereocenters. The Morgan fingerprint density at radius 1 is 1.19 bits per heavy atom. The molecule has 0 saturated heterocycles. The molecule has 0 saturated carbocycles. The topological polar surface area (TPSA) is 94.2 Å². The van der Waals surface area contributed by atoms with Crippen molar-refractivity contribution in [3.8, 4) is 27.4 Å². The van der Waals surface area contributed by atoms with E-state index in [-0.39, 0.29) is 0 Å². The van der Waals surface area contributed by atoms with Gasteiger partial charge in [-0.25, -0.2) is 4.98 Å². The Hall–Kier alpha value is -2.97. The quantitative estimate of drug-likeness (QED) is 0.532. The van der Waals surface area contributed by atoms with Crippen LogP contribution in [0, 0.1) is 0 Å². The fourth-order valence-corrected chi connectivity index (χ4v) is 3.79. The van der Waals surface area contributed by atoms with E-state index < -0.39 is 6.92 Å². The van der Waals surface area contributed by atoms with Gasteiger partial charge in [0.15, 0.2) is 0 Å². The average Bonchev–Trinajstić information content (AvgIpc) is 3.21. The molecule has 4 rings (SSSR count). The number of methoxy groups -OCH3 is 1. The number of anilines is 1. The zero-order valence-corrected chi connectivity index (χ0v) is 15.7. The minimum absolute atomic E-state index is 0.589. The Bertz CT molecular complexity index is 1120. The lowest BCUT2D eigenvalue weighted by atomic mass is 9.63. The van der Waals surface area contributed by atoms with Gasteiger partial charge in [0.05, 0.1) is 24.5 Å². The summed E-state index contributed by atoms with van der Waals surface area (Å²) < 4.78 is 5.50. The van der Waals surface area contributed by atoms with Crippen molar-refractivity contribution in [1.82, 2.24) is 15.2 Å². The standard InChI is InChI=1S/C19H17BN4O2S/c1-20(25)15-8-13(14(9-18(15)26-2)19-22-5-6-27-19)11-3-4-12-16(21)10-23-24-17(12)7-11/h3-10,25H,1-2H3,(H2,21,24). The molecule has 0 amide bonds. The SMILES string of the molecule is COc1cc(-c2nccs2)c(-c2ccc3c(N)cnnc3c2)cc1B(C)O. The minimum Gasteiger partial charge on any atom is -0.497 e. The van der Waals surface area contributed by atoms with Crippen molar-refractivity contribution in [3.63, 3.8) is 0 Å². The van der Waals surface area contributed by atoms with Crippen LogP contribution in [0.25, 0.3) is 32.6 Å². The molecule has 3 N–H and O–H groups in total. The van der Waals surface area contributed by atoms with Gasteiger partial charge in [-0.05, 0) is 34.8 Å². The third kappa shape index (κ3) is 3.13. The van der Waals surface area contributed by atoms with Crippen LogP contribution >= 0.6 is 11.3 Å². The maximum Gasteiger partial charge on any atom is 0.324 e. The molecule has 0 aliphatic rings. The Morgan fingerprint density at radius 3 is 2.74 bits per heavy atom. The van der Waals surface area contributed by atoms with Crippen LogP contribution in [0.5, 0.6) is 5.75 Å². The smallest absolute Gasteiger partial charge is 0.324 e. The van der Waals surface area contributed by atoms with Gasteiger partial charge >= 0.3 is 6.92 Å². The molecular weight excluding hydrogens is 359 g/mol. The molecule has 2 aromatic heterocycles. The summed E-state index contributed by atoms with van der Waals surface area (Å²) in [5, 5.41) is 22.0. The van der Waals surface area contributed by atoms with Crippen LogP contribution in [0.3, 0.4) is 0 Å². The largest absolute Gasteiger partial charge is 0.497 e. The van der Waals surface area contributed by atoms with Gasteiger partial charge in [-0.2, -0.15) is 10.2 Å². The molecule has 8 heteroatoms. The first-order valence-electron chi connectivity index (χ1n) is 8.39. The first-order valence-corrected chi connectivity index (χ1v) is 9.27. The highest BCUT2D eigenvalue weighted by Gasteiger charge is 2.20. The number of aromatic nitrogens is 3. The van der Waals surface area contributed by atoms with Crippen LogP contribution in [0.2, 0.25) is 6.82 Å². The van der Waals surface area contributed by atoms with Crippen LogP contribution in [0.4, 0.5) is 5.69 Å². The number of nitrogen functional groups attached to an aromatic ring is 1. The minimum atomic E-state index is -0.667. The van der Waals surface area contributed by atoms with Gasteiger partial charge < -0.3 is 15.5 Å². The highest BCUT2D eigenvalue weighted by molar-refractivity contribution is 7.13. The van der Waals surface area contributed by atoms with E-state index in [1.807, 2.05) is 35.7 Å². The fraction of sp³-hybridized carbons (Fsp3) is 0.105. The number of ether oxygens (including phenoxy) is 1. The van der Waals surface area contributed by atoms with Crippen molar-refractivity contribution >= 4 is 40.3 Å². The van der Waals surface area contributed by atoms with Gasteiger partial charge in [0.2, 0.25) is 0 Å². The maximum absolute atomic E-state index is 10.2. The molecule has 27 heavy (non-hydrogen) atoms. The van der Waals surface area contributed by atoms with Gasteiger partial charge in [0.1, 0.15) is 10.8 Å². The molecule has 0 spiro atoms. The molecular formula is C19H17BN4O2S. The molecule has 0 radical (unpaired) electrons. The number of hydrogen-bond donors (Lipinski definition) is 2. The monoisotopic (exact) mass is 376 g/mol. The van der Waals surface area contributed by atoms with Crippen molar-refractivity contribution in [2.45, 2.75) is 6.82 Å². The molecule has 134 valence electrons. The van der Waals surface area contributed by atoms with Gasteiger partial charge in [-0.3, -0.25) is 0 Å². The average molecular weight is 376 g/mol. The zero-order chi connectivity index (χ0) is 19.0. The van der Waals surface area contributed by atoms with Crippen molar-refractivity contribution in [3.05, 3.63) is 48.1 Å². The van der Waals surface area contributed by atoms with E-state index in [1.165, 1.54) is 0 Å². The van der Waals surface area contributed by atoms with Crippen molar-refractivity contribution in [2.24, 2.45) is 0 Å². The van der Waals surface area contributed by atoms with E-state index in [9.17, 15) is 5.02 Å². The molecule has 2 heterocycles. The zero-order valence-electron chi connectivity index (χ0n) is 14.9. The maximum atomic E-state index is 10.2. The second kappa shape index (κ2) is 6.98. The Balaban J connectivity index is 1.99. The number of thiazole rings is 1. The Kier molecular flexibility index (Phi) is 4.51. The molecule has 0 atom stereocenters. The number of nitrogens with two attached hydrogens (primary N) is 1. The summed E-state index contributed by atoms with van der Waals surface area (Å²) in [5.41, 5.74) is 10.8. The second-order valence-corrected chi connectivity index (χ2v) is 7.08. The summed E-state index contributed by atoms with van der Waals surface area (Å²) in [6.07, 6.45) is 3.31. The molecule has 0 aliphatic carbocycles. The van der Waals surface area contributed by atoms with Gasteiger partial charge in [0.25, 0.3) is 0 Å². The Morgan fingerprint density at radius 2 is 2.04 bits per heavy atom. The van der Waals surface area contributed by atoms with Crippen LogP contribution in [-0.2, 0) is 0 Å². The van der Waals surface area contributed by atoms with E-state index in [0.717, 1.165) is 27.1 Å². The van der Waals surface area contributed by atoms with E-state index in [2.05, 4.69) is 15.2 Å². The molecule has 0 fully saturated rings. The number of nitrogens with zero attached hydrogens (tertiary/aromatic N) is 3. The van der Waals surface area contributed by atoms with Gasteiger partial charge in [-0.1, -0.05) is 19.0 Å². The molecule has 0 bridgehead atoms. The number of fused-ring (bicyclic) bond motifs is 1. The van der Waals surface area contributed by atoms with Crippen LogP contribution in [0.1, 0.15) is 0 Å². The molecule has 6 nitrogen and oxygen atoms in total. The summed E-state index contributed by atoms with van der Waals surface area (Å²) in [7, 11) is 1.60. The molecule has 4 aromatic rings. The predicted octanol–water partition coefficient (Wildman–Crippen LogP) is 2.83. The van der Waals surface area contributed by atoms with E-state index in [0.29, 0.717) is 22.4 Å². The normalized spacial score (nSPS) is 10.9. The summed E-state index contributed by atoms with van der Waals surface area (Å²) in [5.74, 6) is 0.628. The third-order valence-corrected chi connectivity index (χ3v) is 5.27. The van der Waals surface area contributed by atoms with Crippen molar-refractivity contribution < 1.29 is 9.76 Å². The highest BCUT2D eigenvalue weighted by atomic mass is 32.1. The lowest BCUT2D eigenvalue weighted by Crippen LogP contribution is -2.28. The van der Waals surface area contributed by atoms with E-state index in [1.54, 1.807) is 37.7 Å². The first kappa shape index (κ1) is 17.4. The number of benzene rings is 2. The highest BCUT2D eigenvalue weighted by Crippen LogP contribution is 2.36. The first-order chi connectivity index (χ1) is 13.1. The number of hydrogen-bond acceptors (Lipinski definition) is 7. The fourth-order valence-electron chi connectivity index (χ4n) is 3.12. The molecule has 0 aliphatic heterocycles. The molecule has 2 aromatic carbocycles. The van der Waals surface area contributed by atoms with Crippen LogP contribution in [-0.4, -0.2) is 34.2 Å². The Labute approximate surface area is 160 Å². The van der Waals surface area contributed by atoms with Gasteiger partial charge in [0, 0.05) is 22.5 Å². The van der Waals surface area contributed by atoms with E-state index >= 15 is 0 Å². The van der Waals surface area contributed by atoms with Crippen molar-refractivity contribution in [2.75, 3.05) is 12.8 Å². The van der Waals surface area contributed by atoms with E-state index in [4.69, 9.17) is 10.5 Å².